The third-order valence-corrected chi connectivity index (χ3v) is 27.5. The summed E-state index contributed by atoms with van der Waals surface area (Å²) < 4.78 is 71.7. The number of aliphatic hydroxyl groups excluding tert-OH is 1. The Labute approximate surface area is 757 Å². The number of epoxide rings is 1. The van der Waals surface area contributed by atoms with E-state index in [0.717, 1.165) is 60.6 Å². The highest BCUT2D eigenvalue weighted by Gasteiger charge is 2.65. The van der Waals surface area contributed by atoms with E-state index in [-0.39, 0.29) is 84.3 Å². The maximum absolute atomic E-state index is 15.1. The topological polar surface area (TPSA) is 515 Å². The third kappa shape index (κ3) is 27.6. The first-order valence-corrected chi connectivity index (χ1v) is 46.4. The summed E-state index contributed by atoms with van der Waals surface area (Å²) in [7, 11) is 9.12. The molecular weight excluding hydrogens is 1770 g/mol. The number of aromatic amines is 1. The van der Waals surface area contributed by atoms with Crippen LogP contribution in [0.25, 0.3) is 10.9 Å². The molecule has 4 bridgehead atoms. The van der Waals surface area contributed by atoms with Crippen LogP contribution in [0.2, 0.25) is 5.02 Å². The van der Waals surface area contributed by atoms with Crippen molar-refractivity contribution in [3.63, 3.8) is 0 Å². The number of carbonyl (C=O) groups excluding carboxylic acids is 13. The molecule has 3 saturated heterocycles. The minimum atomic E-state index is -5.50. The number of H-pyrrole nitrogens is 1. The lowest BCUT2D eigenvalue weighted by Crippen LogP contribution is -2.63. The minimum absolute atomic E-state index is 0.00986. The zero-order valence-corrected chi connectivity index (χ0v) is 75.6. The van der Waals surface area contributed by atoms with Crippen molar-refractivity contribution < 1.29 is 115 Å². The van der Waals surface area contributed by atoms with Gasteiger partial charge in [-0.05, 0) is 113 Å². The molecule has 5 aromatic rings. The number of nitrogens with two attached hydrogens (primary N) is 2. The normalized spacial score (nSPS) is 25.9. The summed E-state index contributed by atoms with van der Waals surface area (Å²) in [4.78, 5) is 192. The first-order valence-electron chi connectivity index (χ1n) is 41.0. The Morgan fingerprint density at radius 2 is 1.49 bits per heavy atom. The summed E-state index contributed by atoms with van der Waals surface area (Å²) in [5.74, 6) is -15.5. The van der Waals surface area contributed by atoms with E-state index in [1.807, 2.05) is 6.92 Å². The van der Waals surface area contributed by atoms with E-state index >= 15 is 14.4 Å². The molecule has 0 aliphatic carbocycles. The number of aliphatic hydroxyl groups is 2. The number of carbonyl (C=O) groups is 13. The maximum Gasteiger partial charge on any atom is 0.471 e. The van der Waals surface area contributed by atoms with Crippen LogP contribution < -0.4 is 69.0 Å². The second kappa shape index (κ2) is 46.3. The lowest BCUT2D eigenvalue weighted by Gasteiger charge is -2.42. The number of hydrogen-bond donors (Lipinski definition) is 15. The summed E-state index contributed by atoms with van der Waals surface area (Å²) in [6.45, 7) is 7.86. The van der Waals surface area contributed by atoms with Crippen molar-refractivity contribution in [1.82, 2.24) is 57.7 Å². The number of halogens is 4. The number of primary amides is 1. The number of aromatic nitrogens is 1. The largest absolute Gasteiger partial charge is 0.508 e. The molecule has 17 atom stereocenters. The lowest BCUT2D eigenvalue weighted by atomic mass is 9.83. The number of nitrogens with zero attached hydrogens (tertiary/aromatic N) is 2. The van der Waals surface area contributed by atoms with E-state index in [1.165, 1.54) is 88.7 Å². The highest BCUT2D eigenvalue weighted by molar-refractivity contribution is 8.77. The van der Waals surface area contributed by atoms with E-state index < -0.39 is 210 Å². The summed E-state index contributed by atoms with van der Waals surface area (Å²) in [6, 6.07) is 8.15. The Morgan fingerprint density at radius 1 is 0.828 bits per heavy atom. The Kier molecular flexibility index (Phi) is 36.7. The average Bonchev–Trinajstić information content (AvgIpc) is 1.57. The maximum atomic E-state index is 15.1. The SMILES string of the molecule is COc1cc2cc(c1Cl)N(C)C(=O)C[C@H](OC(=O)[C@H](C)N(C)C(=O)CCSSC[C@H](NC(=O)[C@@H]1CSSC[C@H](NC(=O)[C@@H](Cc3ccccc3)NC(=O)C(F)(F)F)C(=O)N[C@@H](Cc3ccc(O)cc3)C(=O)N[C@H](Cc3c[nH]c4ccccc34)C(=O)N[C@@H](CCCCN)C(=O)N[C@@H]([C@@H](C)O)C(=O)N1)C(N)=O)[C@]1(C)O[C@H]1[C@H](C)[C@@H]1C[C@@](O)(NC(=O)O1)[C@H](OC)/C=C/C=C(\C)C2. The van der Waals surface area contributed by atoms with E-state index in [2.05, 4.69) is 47.5 Å². The Morgan fingerprint density at radius 3 is 2.16 bits per heavy atom. The number of esters is 1. The fraction of sp³-hybridized carbons (Fsp3) is 0.494. The van der Waals surface area contributed by atoms with Gasteiger partial charge in [0.2, 0.25) is 59.1 Å². The molecule has 4 aromatic carbocycles. The number of para-hydroxylation sites is 1. The number of phenolic OH excluding ortho intramolecular Hbond substituents is 1. The van der Waals surface area contributed by atoms with Gasteiger partial charge in [0.25, 0.3) is 0 Å². The third-order valence-electron chi connectivity index (χ3n) is 22.3. The standard InChI is InChI=1S/C85H108ClF3N14O21S4/c1-44-18-17-24-65(121-9)84(119)39-64(122-82(118)101-84)45(2)71-83(5,124-71)66(38-68(107)103(7)62-35-50(32-44)36-63(120-8)69(62)86)123-80(116)46(3)102(6)67(106)29-31-125-126-41-59(72(91)108)96-78(114)61-43-128-127-42-60(97-75(111)57(99-81(117)85(87,88)89)33-48-19-11-10-12-20-48)77(113)94-56(34-49-25-27-52(105)28-26-49)74(110)95-58(37-51-40-92-54-22-14-13-21-53(51)54)76(112)93-55(23-15-16-30-90)73(109)100-70(47(4)104)79(115)98-61/h10-14,17-22,24-28,35-36,40,45-47,55-61,64-66,70-71,92,104-105,119H,15-16,23,29-34,37-39,41-43,90H2,1-9H3,(H2,91,108)(H,93,112)(H,94,113)(H,95,110)(H,96,114)(H,97,111)(H,98,115)(H,99,117)(H,100,109)(H,101,118)/b24-17+,44-18+/t45-,46+,47-,55+,56+,57-,58-,59+,60+,61+,64+,65-,66+,70+,71+,83+,84+/m1/s1. The number of unbranched alkanes of at least 4 members (excludes halogenated alkanes) is 1. The molecule has 696 valence electrons. The van der Waals surface area contributed by atoms with E-state index in [4.69, 9.17) is 46.8 Å². The van der Waals surface area contributed by atoms with Gasteiger partial charge in [0.1, 0.15) is 94.8 Å². The lowest BCUT2D eigenvalue weighted by molar-refractivity contribution is -0.174. The highest BCUT2D eigenvalue weighted by Crippen LogP contribution is 2.50. The van der Waals surface area contributed by atoms with Crippen molar-refractivity contribution >= 4 is 148 Å². The number of ether oxygens (including phenoxy) is 5. The van der Waals surface area contributed by atoms with Gasteiger partial charge in [-0.3, -0.25) is 58.1 Å². The van der Waals surface area contributed by atoms with Gasteiger partial charge in [-0.1, -0.05) is 146 Å². The van der Waals surface area contributed by atoms with Gasteiger partial charge in [0, 0.05) is 99.3 Å². The van der Waals surface area contributed by atoms with Crippen LogP contribution in [0.4, 0.5) is 23.7 Å². The zero-order chi connectivity index (χ0) is 93.6. The number of methoxy groups -OCH3 is 2. The average molecular weight is 1880 g/mol. The predicted molar refractivity (Wildman–Crippen MR) is 475 cm³/mol. The van der Waals surface area contributed by atoms with Crippen LogP contribution in [0.5, 0.6) is 11.5 Å². The van der Waals surface area contributed by atoms with Crippen molar-refractivity contribution in [2.24, 2.45) is 17.4 Å². The van der Waals surface area contributed by atoms with Gasteiger partial charge < -0.3 is 108 Å². The van der Waals surface area contributed by atoms with Crippen molar-refractivity contribution in [3.05, 3.63) is 148 Å². The number of nitrogens with one attached hydrogen (secondary N) is 10. The molecule has 128 heavy (non-hydrogen) atoms. The van der Waals surface area contributed by atoms with Gasteiger partial charge >= 0.3 is 24.1 Å². The van der Waals surface area contributed by atoms with Crippen LogP contribution in [0.15, 0.2) is 121 Å². The van der Waals surface area contributed by atoms with Crippen molar-refractivity contribution in [2.45, 2.75) is 201 Å². The Balaban J connectivity index is 0.938. The van der Waals surface area contributed by atoms with Gasteiger partial charge in [-0.25, -0.2) is 9.59 Å². The number of benzene rings is 4. The predicted octanol–water partition coefficient (Wildman–Crippen LogP) is 4.03. The number of fused-ring (bicyclic) bond motifs is 6. The van der Waals surface area contributed by atoms with Crippen molar-refractivity contribution in [2.75, 3.05) is 62.8 Å². The minimum Gasteiger partial charge on any atom is -0.508 e. The van der Waals surface area contributed by atoms with Crippen LogP contribution in [0.1, 0.15) is 95.4 Å². The summed E-state index contributed by atoms with van der Waals surface area (Å²) in [5, 5.41) is 56.4. The van der Waals surface area contributed by atoms with Gasteiger partial charge in [-0.15, -0.1) is 0 Å². The number of anilines is 1. The molecule has 0 saturated carbocycles. The van der Waals surface area contributed by atoms with Crippen LogP contribution in [0.3, 0.4) is 0 Å². The molecule has 4 aliphatic heterocycles. The first-order chi connectivity index (χ1) is 60.6. The first kappa shape index (κ1) is 101. The molecule has 3 fully saturated rings. The number of alkyl halides is 3. The Bertz CT molecular complexity index is 4890. The smallest absolute Gasteiger partial charge is 0.471 e. The molecule has 17 N–H and O–H groups in total. The van der Waals surface area contributed by atoms with E-state index in [1.54, 1.807) is 86.1 Å². The molecule has 43 heteroatoms. The molecule has 35 nitrogen and oxygen atoms in total. The molecular formula is C85H108ClF3N14O21S4. The molecule has 12 amide bonds. The molecule has 4 aliphatic rings. The monoisotopic (exact) mass is 1880 g/mol. The van der Waals surface area contributed by atoms with Crippen molar-refractivity contribution in [1.29, 1.82) is 0 Å². The fourth-order valence-electron chi connectivity index (χ4n) is 14.6. The summed E-state index contributed by atoms with van der Waals surface area (Å²) >= 11 is 6.88. The van der Waals surface area contributed by atoms with Gasteiger partial charge in [0.15, 0.2) is 5.72 Å². The summed E-state index contributed by atoms with van der Waals surface area (Å²) in [6.07, 6.45) is -7.28. The number of amides is 12. The molecule has 1 aromatic heterocycles. The fourth-order valence-corrected chi connectivity index (χ4v) is 19.4. The number of hydrogen-bond acceptors (Lipinski definition) is 26. The molecule has 0 unspecified atom stereocenters. The van der Waals surface area contributed by atoms with Crippen LogP contribution >= 0.6 is 54.8 Å². The number of rotatable bonds is 28. The quantitative estimate of drug-likeness (QED) is 0.0145. The number of phenols is 1. The number of alkyl carbamates (subject to hydrolysis) is 1. The second-order valence-corrected chi connectivity index (χ2v) is 37.3. The molecule has 0 radical (unpaired) electrons. The number of likely N-dealkylation sites (N-methyl/N-ethyl adjacent to an activating group) is 1. The summed E-state index contributed by atoms with van der Waals surface area (Å²) in [5.41, 5.74) is 11.9. The van der Waals surface area contributed by atoms with Gasteiger partial charge in [0.05, 0.1) is 31.4 Å². The zero-order valence-electron chi connectivity index (χ0n) is 71.6. The second-order valence-electron chi connectivity index (χ2n) is 31.8. The van der Waals surface area contributed by atoms with Crippen LogP contribution in [0, 0.1) is 5.92 Å². The Hall–Kier alpha value is -10.3. The number of allylic oxidation sites excluding steroid dienone is 3. The molecule has 5 heterocycles. The molecule has 0 spiro atoms. The van der Waals surface area contributed by atoms with Crippen LogP contribution in [-0.2, 0) is 102 Å². The van der Waals surface area contributed by atoms with Gasteiger partial charge in [-0.2, -0.15) is 13.2 Å². The van der Waals surface area contributed by atoms with Crippen LogP contribution in [-0.4, -0.2) is 263 Å². The highest BCUT2D eigenvalue weighted by atomic mass is 35.5. The van der Waals surface area contributed by atoms with Crippen molar-refractivity contribution in [3.8, 4) is 11.5 Å². The number of aromatic hydroxyl groups is 1. The molecule has 9 rings (SSSR count). The van der Waals surface area contributed by atoms with E-state index in [9.17, 15) is 76.4 Å². The van der Waals surface area contributed by atoms with E-state index in [0.29, 0.717) is 40.4 Å².